The van der Waals surface area contributed by atoms with Gasteiger partial charge in [0.15, 0.2) is 5.78 Å². The molecule has 0 saturated carbocycles. The summed E-state index contributed by atoms with van der Waals surface area (Å²) in [6, 6.07) is 8.83. The van der Waals surface area contributed by atoms with E-state index in [1.165, 1.54) is 0 Å². The Morgan fingerprint density at radius 3 is 2.54 bits per heavy atom. The highest BCUT2D eigenvalue weighted by Gasteiger charge is 2.23. The van der Waals surface area contributed by atoms with E-state index in [-0.39, 0.29) is 18.1 Å². The minimum Gasteiger partial charge on any atom is -0.506 e. The van der Waals surface area contributed by atoms with Crippen molar-refractivity contribution in [2.45, 2.75) is 26.2 Å². The highest BCUT2D eigenvalue weighted by molar-refractivity contribution is 14.1. The van der Waals surface area contributed by atoms with Gasteiger partial charge in [0.25, 0.3) is 0 Å². The van der Waals surface area contributed by atoms with Crippen LogP contribution < -0.4 is 4.74 Å². The van der Waals surface area contributed by atoms with E-state index < -0.39 is 0 Å². The van der Waals surface area contributed by atoms with Crippen LogP contribution in [0.15, 0.2) is 34.7 Å². The molecule has 1 aromatic heterocycles. The number of benzene rings is 2. The van der Waals surface area contributed by atoms with Gasteiger partial charge in [0.1, 0.15) is 22.8 Å². The molecule has 0 bridgehead atoms. The third-order valence-corrected chi connectivity index (χ3v) is 5.93. The quantitative estimate of drug-likeness (QED) is 0.207. The number of fused-ring (bicyclic) bond motifs is 1. The second-order valence-electron chi connectivity index (χ2n) is 6.35. The zero-order valence-electron chi connectivity index (χ0n) is 15.3. The Balaban J connectivity index is 2.05. The SMILES string of the molecule is CCCc1oc2cc(OCCCO)ccc2c1C(=O)c1cc(I)c(O)c(I)c1. The van der Waals surface area contributed by atoms with E-state index in [9.17, 15) is 9.90 Å². The molecule has 0 atom stereocenters. The second kappa shape index (κ2) is 9.45. The predicted molar refractivity (Wildman–Crippen MR) is 124 cm³/mol. The molecule has 28 heavy (non-hydrogen) atoms. The van der Waals surface area contributed by atoms with E-state index in [0.717, 1.165) is 11.8 Å². The minimum absolute atomic E-state index is 0.0759. The molecule has 3 aromatic rings. The molecule has 0 amide bonds. The summed E-state index contributed by atoms with van der Waals surface area (Å²) in [4.78, 5) is 13.3. The van der Waals surface area contributed by atoms with Crippen molar-refractivity contribution in [3.05, 3.63) is 54.4 Å². The predicted octanol–water partition coefficient (Wildman–Crippen LogP) is 5.29. The first-order chi connectivity index (χ1) is 13.5. The first kappa shape index (κ1) is 21.4. The number of carbonyl (C=O) groups is 1. The van der Waals surface area contributed by atoms with Crippen molar-refractivity contribution in [3.8, 4) is 11.5 Å². The number of aliphatic hydroxyl groups excluding tert-OH is 1. The Morgan fingerprint density at radius 1 is 1.18 bits per heavy atom. The zero-order chi connectivity index (χ0) is 20.3. The fourth-order valence-electron chi connectivity index (χ4n) is 2.96. The Morgan fingerprint density at radius 2 is 1.89 bits per heavy atom. The second-order valence-corrected chi connectivity index (χ2v) is 8.68. The number of aliphatic hydroxyl groups is 1. The van der Waals surface area contributed by atoms with Crippen LogP contribution in [0.4, 0.5) is 0 Å². The number of furan rings is 1. The van der Waals surface area contributed by atoms with Crippen LogP contribution >= 0.6 is 45.2 Å². The molecule has 0 saturated heterocycles. The smallest absolute Gasteiger partial charge is 0.197 e. The molecule has 0 aliphatic carbocycles. The largest absolute Gasteiger partial charge is 0.506 e. The summed E-state index contributed by atoms with van der Waals surface area (Å²) >= 11 is 4.05. The molecule has 0 fully saturated rings. The lowest BCUT2D eigenvalue weighted by molar-refractivity contribution is 0.103. The maximum Gasteiger partial charge on any atom is 0.197 e. The van der Waals surface area contributed by atoms with Crippen molar-refractivity contribution >= 4 is 61.9 Å². The number of ether oxygens (including phenoxy) is 1. The van der Waals surface area contributed by atoms with Crippen LogP contribution in [0.1, 0.15) is 41.4 Å². The topological polar surface area (TPSA) is 79.9 Å². The maximum absolute atomic E-state index is 13.3. The number of carbonyl (C=O) groups excluding carboxylic acids is 1. The van der Waals surface area contributed by atoms with E-state index in [1.807, 2.05) is 64.2 Å². The Hall–Kier alpha value is -1.33. The molecular formula is C21H20I2O5. The summed E-state index contributed by atoms with van der Waals surface area (Å²) in [5.74, 6) is 1.37. The molecule has 0 unspecified atom stereocenters. The van der Waals surface area contributed by atoms with Gasteiger partial charge in [0.05, 0.1) is 19.3 Å². The van der Waals surface area contributed by atoms with E-state index in [1.54, 1.807) is 18.2 Å². The number of hydrogen-bond acceptors (Lipinski definition) is 5. The van der Waals surface area contributed by atoms with Gasteiger partial charge in [-0.1, -0.05) is 6.92 Å². The van der Waals surface area contributed by atoms with Gasteiger partial charge in [-0.05, 0) is 75.9 Å². The van der Waals surface area contributed by atoms with Crippen LogP contribution in [-0.2, 0) is 6.42 Å². The third-order valence-electron chi connectivity index (χ3n) is 4.29. The maximum atomic E-state index is 13.3. The van der Waals surface area contributed by atoms with Crippen molar-refractivity contribution in [2.75, 3.05) is 13.2 Å². The van der Waals surface area contributed by atoms with Crippen molar-refractivity contribution in [1.82, 2.24) is 0 Å². The molecule has 0 spiro atoms. The van der Waals surface area contributed by atoms with Gasteiger partial charge < -0.3 is 19.4 Å². The average molecular weight is 606 g/mol. The molecule has 0 aliphatic heterocycles. The van der Waals surface area contributed by atoms with Crippen LogP contribution in [0.3, 0.4) is 0 Å². The highest BCUT2D eigenvalue weighted by Crippen LogP contribution is 2.34. The van der Waals surface area contributed by atoms with Crippen LogP contribution in [0.5, 0.6) is 11.5 Å². The number of halogens is 2. The van der Waals surface area contributed by atoms with E-state index in [0.29, 0.717) is 54.8 Å². The summed E-state index contributed by atoms with van der Waals surface area (Å²) in [5, 5.41) is 19.6. The lowest BCUT2D eigenvalue weighted by Gasteiger charge is -2.07. The number of hydrogen-bond donors (Lipinski definition) is 2. The lowest BCUT2D eigenvalue weighted by atomic mass is 9.98. The van der Waals surface area contributed by atoms with Gasteiger partial charge in [-0.3, -0.25) is 4.79 Å². The molecule has 1 heterocycles. The molecule has 5 nitrogen and oxygen atoms in total. The fourth-order valence-corrected chi connectivity index (χ4v) is 4.73. The first-order valence-electron chi connectivity index (χ1n) is 8.98. The summed E-state index contributed by atoms with van der Waals surface area (Å²) in [6.45, 7) is 2.53. The number of aryl methyl sites for hydroxylation is 1. The first-order valence-corrected chi connectivity index (χ1v) is 11.1. The lowest BCUT2D eigenvalue weighted by Crippen LogP contribution is -2.05. The summed E-state index contributed by atoms with van der Waals surface area (Å²) in [5.41, 5.74) is 1.70. The molecular weight excluding hydrogens is 586 g/mol. The molecule has 148 valence electrons. The number of aromatic hydroxyl groups is 1. The molecule has 0 radical (unpaired) electrons. The molecule has 2 N–H and O–H groups in total. The Kier molecular flexibility index (Phi) is 7.21. The number of ketones is 1. The average Bonchev–Trinajstić information content (AvgIpc) is 3.02. The van der Waals surface area contributed by atoms with Crippen LogP contribution in [0.2, 0.25) is 0 Å². The number of rotatable bonds is 8. The minimum atomic E-state index is -0.119. The normalized spacial score (nSPS) is 11.1. The Labute approximate surface area is 190 Å². The van der Waals surface area contributed by atoms with E-state index in [2.05, 4.69) is 0 Å². The zero-order valence-corrected chi connectivity index (χ0v) is 19.6. The van der Waals surface area contributed by atoms with Gasteiger partial charge in [0.2, 0.25) is 0 Å². The molecule has 3 rings (SSSR count). The molecule has 7 heteroatoms. The van der Waals surface area contributed by atoms with Gasteiger partial charge in [0, 0.05) is 36.5 Å². The number of phenols is 1. The molecule has 2 aromatic carbocycles. The van der Waals surface area contributed by atoms with Crippen molar-refractivity contribution < 1.29 is 24.2 Å². The van der Waals surface area contributed by atoms with Crippen molar-refractivity contribution in [2.24, 2.45) is 0 Å². The standard InChI is InChI=1S/C21H20I2O5/c1-2-4-17-19(20(25)12-9-15(22)21(26)16(23)10-12)14-6-5-13(11-18(14)28-17)27-8-3-7-24/h5-6,9-11,24,26H,2-4,7-8H2,1H3. The van der Waals surface area contributed by atoms with E-state index >= 15 is 0 Å². The third kappa shape index (κ3) is 4.46. The monoisotopic (exact) mass is 606 g/mol. The van der Waals surface area contributed by atoms with Crippen molar-refractivity contribution in [1.29, 1.82) is 0 Å². The van der Waals surface area contributed by atoms with Gasteiger partial charge >= 0.3 is 0 Å². The summed E-state index contributed by atoms with van der Waals surface area (Å²) < 4.78 is 12.9. The van der Waals surface area contributed by atoms with Crippen LogP contribution in [-0.4, -0.2) is 29.2 Å². The van der Waals surface area contributed by atoms with Gasteiger partial charge in [-0.25, -0.2) is 0 Å². The van der Waals surface area contributed by atoms with Crippen LogP contribution in [0.25, 0.3) is 11.0 Å². The van der Waals surface area contributed by atoms with Gasteiger partial charge in [-0.2, -0.15) is 0 Å². The number of phenolic OH excluding ortho intramolecular Hbond substituents is 1. The Bertz CT molecular complexity index is 986. The summed E-state index contributed by atoms with van der Waals surface area (Å²) in [6.07, 6.45) is 2.06. The highest BCUT2D eigenvalue weighted by atomic mass is 127. The molecule has 0 aliphatic rings. The van der Waals surface area contributed by atoms with E-state index in [4.69, 9.17) is 14.3 Å². The fraction of sp³-hybridized carbons (Fsp3) is 0.286. The van der Waals surface area contributed by atoms with Gasteiger partial charge in [-0.15, -0.1) is 0 Å². The van der Waals surface area contributed by atoms with Crippen LogP contribution in [0, 0.1) is 7.14 Å². The van der Waals surface area contributed by atoms with Crippen molar-refractivity contribution in [3.63, 3.8) is 0 Å². The summed E-state index contributed by atoms with van der Waals surface area (Å²) in [7, 11) is 0.